The van der Waals surface area contributed by atoms with E-state index in [-0.39, 0.29) is 12.1 Å². The molecule has 0 bridgehead atoms. The lowest BCUT2D eigenvalue weighted by Crippen LogP contribution is -2.33. The number of rotatable bonds is 7. The number of nitrogens with one attached hydrogen (secondary N) is 1. The number of H-pyrrole nitrogens is 1. The molecule has 1 aromatic heterocycles. The number of aromatic amines is 1. The van der Waals surface area contributed by atoms with Crippen LogP contribution < -0.4 is 20.7 Å². The molecule has 8 heteroatoms. The first-order chi connectivity index (χ1) is 14.9. The summed E-state index contributed by atoms with van der Waals surface area (Å²) in [6.07, 6.45) is 0.379. The molecule has 8 nitrogen and oxygen atoms in total. The van der Waals surface area contributed by atoms with Crippen LogP contribution in [0, 0.1) is 6.92 Å². The van der Waals surface area contributed by atoms with Crippen molar-refractivity contribution >= 4 is 5.71 Å². The number of hydrogen-bond acceptors (Lipinski definition) is 6. The number of aromatic nitrogens is 2. The Morgan fingerprint density at radius 2 is 1.74 bits per heavy atom. The van der Waals surface area contributed by atoms with Crippen molar-refractivity contribution in [1.29, 1.82) is 0 Å². The maximum absolute atomic E-state index is 12.6. The van der Waals surface area contributed by atoms with Crippen molar-refractivity contribution in [3.8, 4) is 23.1 Å². The molecule has 0 atom stereocenters. The SMILES string of the molecule is CCC(=NCc1cc(OC)cc(OC)c1)c1c(O)n(-c2ccccc2C)c(=O)[nH]c1=O. The van der Waals surface area contributed by atoms with Gasteiger partial charge < -0.3 is 14.6 Å². The maximum Gasteiger partial charge on any atom is 0.335 e. The van der Waals surface area contributed by atoms with E-state index in [9.17, 15) is 14.7 Å². The third-order valence-electron chi connectivity index (χ3n) is 4.93. The summed E-state index contributed by atoms with van der Waals surface area (Å²) in [6, 6.07) is 12.5. The molecule has 1 heterocycles. The average molecular weight is 423 g/mol. The molecule has 3 rings (SSSR count). The lowest BCUT2D eigenvalue weighted by molar-refractivity contribution is 0.393. The first-order valence-corrected chi connectivity index (χ1v) is 9.79. The van der Waals surface area contributed by atoms with E-state index >= 15 is 0 Å². The molecule has 0 aliphatic carbocycles. The molecule has 0 radical (unpaired) electrons. The molecule has 0 aliphatic heterocycles. The summed E-state index contributed by atoms with van der Waals surface area (Å²) in [7, 11) is 3.12. The number of para-hydroxylation sites is 1. The molecule has 3 aromatic rings. The molecule has 0 spiro atoms. The first kappa shape index (κ1) is 21.9. The van der Waals surface area contributed by atoms with Gasteiger partial charge in [0.15, 0.2) is 0 Å². The van der Waals surface area contributed by atoms with Gasteiger partial charge in [0.25, 0.3) is 5.56 Å². The van der Waals surface area contributed by atoms with Crippen molar-refractivity contribution in [2.24, 2.45) is 4.99 Å². The van der Waals surface area contributed by atoms with E-state index in [1.807, 2.05) is 38.1 Å². The molecule has 0 fully saturated rings. The lowest BCUT2D eigenvalue weighted by Gasteiger charge is -2.14. The topological polar surface area (TPSA) is 106 Å². The van der Waals surface area contributed by atoms with Crippen LogP contribution >= 0.6 is 0 Å². The minimum absolute atomic E-state index is 0.0276. The van der Waals surface area contributed by atoms with Crippen LogP contribution in [0.25, 0.3) is 5.69 Å². The van der Waals surface area contributed by atoms with Crippen LogP contribution in [-0.4, -0.2) is 34.6 Å². The molecule has 0 saturated carbocycles. The summed E-state index contributed by atoms with van der Waals surface area (Å²) >= 11 is 0. The Labute approximate surface area is 179 Å². The summed E-state index contributed by atoms with van der Waals surface area (Å²) in [5.41, 5.74) is 1.02. The smallest absolute Gasteiger partial charge is 0.335 e. The van der Waals surface area contributed by atoms with Gasteiger partial charge >= 0.3 is 5.69 Å². The zero-order chi connectivity index (χ0) is 22.5. The number of ether oxygens (including phenoxy) is 2. The third kappa shape index (κ3) is 4.53. The maximum atomic E-state index is 12.6. The van der Waals surface area contributed by atoms with Gasteiger partial charge in [-0.25, -0.2) is 9.36 Å². The van der Waals surface area contributed by atoms with Gasteiger partial charge in [0, 0.05) is 6.07 Å². The van der Waals surface area contributed by atoms with E-state index in [0.29, 0.717) is 29.3 Å². The van der Waals surface area contributed by atoms with Crippen LogP contribution in [0.1, 0.15) is 30.0 Å². The van der Waals surface area contributed by atoms with Crippen molar-refractivity contribution < 1.29 is 14.6 Å². The van der Waals surface area contributed by atoms with Gasteiger partial charge in [0.05, 0.1) is 32.2 Å². The second kappa shape index (κ2) is 9.34. The molecule has 162 valence electrons. The molecule has 31 heavy (non-hydrogen) atoms. The monoisotopic (exact) mass is 423 g/mol. The van der Waals surface area contributed by atoms with Crippen LogP contribution in [0.3, 0.4) is 0 Å². The van der Waals surface area contributed by atoms with Crippen LogP contribution in [0.5, 0.6) is 17.4 Å². The molecule has 2 N–H and O–H groups in total. The highest BCUT2D eigenvalue weighted by atomic mass is 16.5. The second-order valence-corrected chi connectivity index (χ2v) is 6.92. The molecule has 2 aromatic carbocycles. The van der Waals surface area contributed by atoms with Gasteiger partial charge in [-0.1, -0.05) is 25.1 Å². The Morgan fingerprint density at radius 3 is 2.32 bits per heavy atom. The van der Waals surface area contributed by atoms with E-state index < -0.39 is 17.1 Å². The Balaban J connectivity index is 2.10. The highest BCUT2D eigenvalue weighted by Crippen LogP contribution is 2.24. The van der Waals surface area contributed by atoms with Crippen LogP contribution in [-0.2, 0) is 6.54 Å². The van der Waals surface area contributed by atoms with Crippen molar-refractivity contribution in [3.05, 3.63) is 80.0 Å². The Bertz CT molecular complexity index is 1220. The fraction of sp³-hybridized carbons (Fsp3) is 0.261. The second-order valence-electron chi connectivity index (χ2n) is 6.92. The minimum atomic E-state index is -0.714. The van der Waals surface area contributed by atoms with Gasteiger partial charge in [0.1, 0.15) is 17.1 Å². The minimum Gasteiger partial charge on any atom is -0.497 e. The highest BCUT2D eigenvalue weighted by molar-refractivity contribution is 6.02. The lowest BCUT2D eigenvalue weighted by atomic mass is 10.1. The number of benzene rings is 2. The van der Waals surface area contributed by atoms with Gasteiger partial charge in [-0.3, -0.25) is 14.8 Å². The van der Waals surface area contributed by atoms with E-state index in [1.54, 1.807) is 32.4 Å². The number of methoxy groups -OCH3 is 2. The molecule has 0 saturated heterocycles. The summed E-state index contributed by atoms with van der Waals surface area (Å²) < 4.78 is 11.7. The molecular weight excluding hydrogens is 398 g/mol. The van der Waals surface area contributed by atoms with E-state index in [2.05, 4.69) is 9.98 Å². The van der Waals surface area contributed by atoms with Gasteiger partial charge in [-0.15, -0.1) is 0 Å². The first-order valence-electron chi connectivity index (χ1n) is 9.79. The number of aliphatic imine (C=N–C) groups is 1. The average Bonchev–Trinajstić information content (AvgIpc) is 2.76. The molecule has 0 unspecified atom stereocenters. The summed E-state index contributed by atoms with van der Waals surface area (Å²) in [6.45, 7) is 3.88. The van der Waals surface area contributed by atoms with Crippen molar-refractivity contribution in [2.75, 3.05) is 14.2 Å². The van der Waals surface area contributed by atoms with Crippen molar-refractivity contribution in [1.82, 2.24) is 9.55 Å². The molecular formula is C23H25N3O5. The third-order valence-corrected chi connectivity index (χ3v) is 4.93. The summed E-state index contributed by atoms with van der Waals surface area (Å²) in [5, 5.41) is 10.9. The predicted molar refractivity (Wildman–Crippen MR) is 119 cm³/mol. The summed E-state index contributed by atoms with van der Waals surface area (Å²) in [4.78, 5) is 31.9. The van der Waals surface area contributed by atoms with Crippen LogP contribution in [0.4, 0.5) is 0 Å². The molecule has 0 amide bonds. The van der Waals surface area contributed by atoms with Gasteiger partial charge in [-0.05, 0) is 42.7 Å². The fourth-order valence-electron chi connectivity index (χ4n) is 3.33. The van der Waals surface area contributed by atoms with Crippen LogP contribution in [0.2, 0.25) is 0 Å². The number of nitrogens with zero attached hydrogens (tertiary/aromatic N) is 2. The summed E-state index contributed by atoms with van der Waals surface area (Å²) in [5.74, 6) is 0.805. The standard InChI is InChI=1S/C23H25N3O5/c1-5-18(24-13-15-10-16(30-3)12-17(11-15)31-4)20-21(27)25-23(29)26(22(20)28)19-9-7-6-8-14(19)2/h6-12,28H,5,13H2,1-4H3,(H,25,27,29). The van der Waals surface area contributed by atoms with Crippen molar-refractivity contribution in [3.63, 3.8) is 0 Å². The van der Waals surface area contributed by atoms with E-state index in [4.69, 9.17) is 9.47 Å². The number of hydrogen-bond donors (Lipinski definition) is 2. The van der Waals surface area contributed by atoms with Gasteiger partial charge in [0.2, 0.25) is 5.88 Å². The Kier molecular flexibility index (Phi) is 6.59. The number of aryl methyl sites for hydroxylation is 1. The normalized spacial score (nSPS) is 11.4. The predicted octanol–water partition coefficient (Wildman–Crippen LogP) is 2.96. The zero-order valence-electron chi connectivity index (χ0n) is 17.9. The fourth-order valence-corrected chi connectivity index (χ4v) is 3.33. The quantitative estimate of drug-likeness (QED) is 0.569. The largest absolute Gasteiger partial charge is 0.497 e. The zero-order valence-corrected chi connectivity index (χ0v) is 17.9. The van der Waals surface area contributed by atoms with E-state index in [0.717, 1.165) is 15.7 Å². The highest BCUT2D eigenvalue weighted by Gasteiger charge is 2.20. The molecule has 0 aliphatic rings. The van der Waals surface area contributed by atoms with Crippen molar-refractivity contribution in [2.45, 2.75) is 26.8 Å². The number of aromatic hydroxyl groups is 1. The Morgan fingerprint density at radius 1 is 1.10 bits per heavy atom. The Hall–Kier alpha value is -3.81. The van der Waals surface area contributed by atoms with Gasteiger partial charge in [-0.2, -0.15) is 0 Å². The van der Waals surface area contributed by atoms with Crippen LogP contribution in [0.15, 0.2) is 57.0 Å². The van der Waals surface area contributed by atoms with E-state index in [1.165, 1.54) is 0 Å².